The van der Waals surface area contributed by atoms with Crippen molar-refractivity contribution in [3.63, 3.8) is 0 Å². The number of carbonyl (C=O) groups excluding carboxylic acids is 1. The number of nitrogens with one attached hydrogen (secondary N) is 1. The average Bonchev–Trinajstić information content (AvgIpc) is 2.57. The fraction of sp³-hybridized carbons (Fsp3) is 0.235. The second-order valence-corrected chi connectivity index (χ2v) is 4.86. The van der Waals surface area contributed by atoms with E-state index in [1.54, 1.807) is 12.1 Å². The third kappa shape index (κ3) is 3.73. The Morgan fingerprint density at radius 3 is 2.21 bits per heavy atom. The number of amides is 1. The van der Waals surface area contributed by atoms with Crippen molar-refractivity contribution in [3.8, 4) is 17.2 Å². The number of carbonyl (C=O) groups is 1. The maximum Gasteiger partial charge on any atom is 0.228 e. The standard InChI is InChI=1S/C17H17F2NO4/c1-22-13-7-10(8-14(23-2)17(13)24-3)9-15(21)20-12-6-4-5-11(18)16(12)19/h4-8H,9H2,1-3H3,(H,20,21). The Hall–Kier alpha value is -2.83. The van der Waals surface area contributed by atoms with Crippen LogP contribution in [0, 0.1) is 11.6 Å². The van der Waals surface area contributed by atoms with E-state index in [4.69, 9.17) is 14.2 Å². The highest BCUT2D eigenvalue weighted by atomic mass is 19.2. The average molecular weight is 337 g/mol. The molecular weight excluding hydrogens is 320 g/mol. The van der Waals surface area contributed by atoms with Crippen molar-refractivity contribution in [3.05, 3.63) is 47.5 Å². The third-order valence-electron chi connectivity index (χ3n) is 3.31. The first kappa shape index (κ1) is 17.5. The molecule has 0 aliphatic heterocycles. The summed E-state index contributed by atoms with van der Waals surface area (Å²) in [6.07, 6.45) is -0.0767. The lowest BCUT2D eigenvalue weighted by Gasteiger charge is -2.14. The second-order valence-electron chi connectivity index (χ2n) is 4.86. The predicted octanol–water partition coefficient (Wildman–Crippen LogP) is 3.17. The van der Waals surface area contributed by atoms with Crippen molar-refractivity contribution < 1.29 is 27.8 Å². The van der Waals surface area contributed by atoms with E-state index in [9.17, 15) is 13.6 Å². The van der Waals surface area contributed by atoms with Crippen LogP contribution in [0.1, 0.15) is 5.56 Å². The lowest BCUT2D eigenvalue weighted by atomic mass is 10.1. The maximum absolute atomic E-state index is 13.6. The molecule has 0 aliphatic carbocycles. The van der Waals surface area contributed by atoms with Gasteiger partial charge in [-0.3, -0.25) is 4.79 Å². The molecule has 0 spiro atoms. The van der Waals surface area contributed by atoms with Gasteiger partial charge < -0.3 is 19.5 Å². The van der Waals surface area contributed by atoms with Crippen LogP contribution in [0.3, 0.4) is 0 Å². The molecule has 0 aliphatic rings. The van der Waals surface area contributed by atoms with Gasteiger partial charge in [-0.2, -0.15) is 0 Å². The van der Waals surface area contributed by atoms with Crippen molar-refractivity contribution >= 4 is 11.6 Å². The summed E-state index contributed by atoms with van der Waals surface area (Å²) in [5.41, 5.74) is 0.353. The van der Waals surface area contributed by atoms with Crippen LogP contribution in [0.5, 0.6) is 17.2 Å². The smallest absolute Gasteiger partial charge is 0.228 e. The zero-order chi connectivity index (χ0) is 17.7. The van der Waals surface area contributed by atoms with E-state index in [0.717, 1.165) is 6.07 Å². The molecule has 0 radical (unpaired) electrons. The number of methoxy groups -OCH3 is 3. The van der Waals surface area contributed by atoms with Crippen molar-refractivity contribution in [1.29, 1.82) is 0 Å². The zero-order valence-electron chi connectivity index (χ0n) is 13.5. The fourth-order valence-electron chi connectivity index (χ4n) is 2.22. The summed E-state index contributed by atoms with van der Waals surface area (Å²) in [5.74, 6) is -1.43. The first-order valence-electron chi connectivity index (χ1n) is 7.03. The Kier molecular flexibility index (Phi) is 5.57. The van der Waals surface area contributed by atoms with Crippen LogP contribution in [-0.4, -0.2) is 27.2 Å². The highest BCUT2D eigenvalue weighted by molar-refractivity contribution is 5.92. The summed E-state index contributed by atoms with van der Waals surface area (Å²) in [6, 6.07) is 6.80. The molecular formula is C17H17F2NO4. The van der Waals surface area contributed by atoms with Gasteiger partial charge in [0.15, 0.2) is 23.1 Å². The number of benzene rings is 2. The van der Waals surface area contributed by atoms with Crippen molar-refractivity contribution in [2.75, 3.05) is 26.6 Å². The summed E-state index contributed by atoms with van der Waals surface area (Å²) >= 11 is 0. The first-order chi connectivity index (χ1) is 11.5. The molecule has 2 aromatic rings. The Morgan fingerprint density at radius 1 is 1.04 bits per heavy atom. The molecule has 1 amide bonds. The van der Waals surface area contributed by atoms with Gasteiger partial charge in [0.25, 0.3) is 0 Å². The van der Waals surface area contributed by atoms with E-state index < -0.39 is 17.5 Å². The number of hydrogen-bond acceptors (Lipinski definition) is 4. The minimum atomic E-state index is -1.10. The number of hydrogen-bond donors (Lipinski definition) is 1. The maximum atomic E-state index is 13.6. The van der Waals surface area contributed by atoms with Gasteiger partial charge in [-0.15, -0.1) is 0 Å². The van der Waals surface area contributed by atoms with E-state index in [1.807, 2.05) is 0 Å². The molecule has 0 unspecified atom stereocenters. The van der Waals surface area contributed by atoms with E-state index in [1.165, 1.54) is 33.5 Å². The molecule has 0 fully saturated rings. The molecule has 5 nitrogen and oxygen atoms in total. The Bertz CT molecular complexity index is 724. The van der Waals surface area contributed by atoms with Crippen molar-refractivity contribution in [2.24, 2.45) is 0 Å². The Labute approximate surface area is 138 Å². The Morgan fingerprint density at radius 2 is 1.67 bits per heavy atom. The fourth-order valence-corrected chi connectivity index (χ4v) is 2.22. The minimum absolute atomic E-state index is 0.0767. The first-order valence-corrected chi connectivity index (χ1v) is 7.03. The van der Waals surface area contributed by atoms with E-state index >= 15 is 0 Å². The molecule has 0 aromatic heterocycles. The van der Waals surface area contributed by atoms with Crippen molar-refractivity contribution in [2.45, 2.75) is 6.42 Å². The zero-order valence-corrected chi connectivity index (χ0v) is 13.5. The quantitative estimate of drug-likeness (QED) is 0.880. The lowest BCUT2D eigenvalue weighted by Crippen LogP contribution is -2.16. The highest BCUT2D eigenvalue weighted by Crippen LogP contribution is 2.38. The van der Waals surface area contributed by atoms with Crippen molar-refractivity contribution in [1.82, 2.24) is 0 Å². The van der Waals surface area contributed by atoms with Crippen LogP contribution in [-0.2, 0) is 11.2 Å². The molecule has 0 saturated heterocycles. The number of ether oxygens (including phenoxy) is 3. The number of anilines is 1. The van der Waals surface area contributed by atoms with E-state index in [2.05, 4.69) is 5.32 Å². The normalized spacial score (nSPS) is 10.2. The SMILES string of the molecule is COc1cc(CC(=O)Nc2cccc(F)c2F)cc(OC)c1OC. The van der Waals surface area contributed by atoms with Crippen LogP contribution in [0.25, 0.3) is 0 Å². The van der Waals surface area contributed by atoms with E-state index in [-0.39, 0.29) is 12.1 Å². The summed E-state index contributed by atoms with van der Waals surface area (Å²) in [5, 5.41) is 2.34. The molecule has 7 heteroatoms. The van der Waals surface area contributed by atoms with Gasteiger partial charge in [0.05, 0.1) is 33.4 Å². The summed E-state index contributed by atoms with van der Waals surface area (Å²) in [6.45, 7) is 0. The predicted molar refractivity (Wildman–Crippen MR) is 84.8 cm³/mol. The van der Waals surface area contributed by atoms with Crippen LogP contribution in [0.4, 0.5) is 14.5 Å². The molecule has 0 atom stereocenters. The second kappa shape index (κ2) is 7.63. The van der Waals surface area contributed by atoms with Gasteiger partial charge in [0, 0.05) is 0 Å². The largest absolute Gasteiger partial charge is 0.493 e. The highest BCUT2D eigenvalue weighted by Gasteiger charge is 2.16. The van der Waals surface area contributed by atoms with E-state index in [0.29, 0.717) is 22.8 Å². The van der Waals surface area contributed by atoms with Gasteiger partial charge in [0.1, 0.15) is 0 Å². The van der Waals surface area contributed by atoms with Crippen LogP contribution < -0.4 is 19.5 Å². The van der Waals surface area contributed by atoms with Gasteiger partial charge in [-0.1, -0.05) is 6.07 Å². The third-order valence-corrected chi connectivity index (χ3v) is 3.31. The molecule has 0 heterocycles. The number of halogens is 2. The van der Waals surface area contributed by atoms with Gasteiger partial charge in [-0.05, 0) is 29.8 Å². The molecule has 2 aromatic carbocycles. The molecule has 0 bridgehead atoms. The van der Waals surface area contributed by atoms with Gasteiger partial charge in [-0.25, -0.2) is 8.78 Å². The molecule has 1 N–H and O–H groups in total. The molecule has 24 heavy (non-hydrogen) atoms. The monoisotopic (exact) mass is 337 g/mol. The van der Waals surface area contributed by atoms with Crippen LogP contribution >= 0.6 is 0 Å². The molecule has 2 rings (SSSR count). The molecule has 0 saturated carbocycles. The van der Waals surface area contributed by atoms with Crippen LogP contribution in [0.2, 0.25) is 0 Å². The Balaban J connectivity index is 2.21. The van der Waals surface area contributed by atoms with Gasteiger partial charge in [0.2, 0.25) is 11.7 Å². The van der Waals surface area contributed by atoms with Gasteiger partial charge >= 0.3 is 0 Å². The lowest BCUT2D eigenvalue weighted by molar-refractivity contribution is -0.115. The van der Waals surface area contributed by atoms with Crippen LogP contribution in [0.15, 0.2) is 30.3 Å². The molecule has 128 valence electrons. The minimum Gasteiger partial charge on any atom is -0.493 e. The topological polar surface area (TPSA) is 56.8 Å². The number of rotatable bonds is 6. The summed E-state index contributed by atoms with van der Waals surface area (Å²) in [4.78, 5) is 12.1. The summed E-state index contributed by atoms with van der Waals surface area (Å²) < 4.78 is 42.4. The summed E-state index contributed by atoms with van der Waals surface area (Å²) in [7, 11) is 4.39.